The molecule has 144 valence electrons. The van der Waals surface area contributed by atoms with Gasteiger partial charge in [-0.25, -0.2) is 4.98 Å². The Kier molecular flexibility index (Phi) is 5.57. The molecule has 1 aromatic carbocycles. The zero-order valence-electron chi connectivity index (χ0n) is 15.5. The van der Waals surface area contributed by atoms with Crippen LogP contribution in [0.3, 0.4) is 0 Å². The molecule has 1 aliphatic carbocycles. The Morgan fingerprint density at radius 1 is 1.15 bits per heavy atom. The third kappa shape index (κ3) is 4.08. The highest BCUT2D eigenvalue weighted by atomic mass is 32.1. The van der Waals surface area contributed by atoms with Gasteiger partial charge in [0.2, 0.25) is 0 Å². The number of rotatable bonds is 4. The SMILES string of the molecule is NC(c1ccc(-c2nc3c(s2)CCNCC3)cc1)C1CCC(C(=O)O)CC1. The van der Waals surface area contributed by atoms with Crippen LogP contribution in [0.4, 0.5) is 0 Å². The van der Waals surface area contributed by atoms with Gasteiger partial charge in [-0.3, -0.25) is 4.79 Å². The maximum Gasteiger partial charge on any atom is 0.306 e. The zero-order valence-corrected chi connectivity index (χ0v) is 16.3. The minimum Gasteiger partial charge on any atom is -0.481 e. The van der Waals surface area contributed by atoms with E-state index in [1.54, 1.807) is 0 Å². The smallest absolute Gasteiger partial charge is 0.306 e. The van der Waals surface area contributed by atoms with Crippen LogP contribution in [0.25, 0.3) is 10.6 Å². The van der Waals surface area contributed by atoms with Crippen LogP contribution in [0.5, 0.6) is 0 Å². The Bertz CT molecular complexity index is 771. The lowest BCUT2D eigenvalue weighted by Gasteiger charge is -2.30. The number of nitrogens with zero attached hydrogens (tertiary/aromatic N) is 1. The highest BCUT2D eigenvalue weighted by molar-refractivity contribution is 7.15. The summed E-state index contributed by atoms with van der Waals surface area (Å²) in [5.74, 6) is -0.481. The summed E-state index contributed by atoms with van der Waals surface area (Å²) in [5, 5.41) is 13.7. The summed E-state index contributed by atoms with van der Waals surface area (Å²) in [5.41, 5.74) is 10.1. The summed E-state index contributed by atoms with van der Waals surface area (Å²) in [6.07, 6.45) is 5.35. The van der Waals surface area contributed by atoms with Crippen LogP contribution < -0.4 is 11.1 Å². The van der Waals surface area contributed by atoms with Crippen LogP contribution >= 0.6 is 11.3 Å². The van der Waals surface area contributed by atoms with Crippen LogP contribution in [0.15, 0.2) is 24.3 Å². The van der Waals surface area contributed by atoms with Crippen LogP contribution in [-0.2, 0) is 17.6 Å². The lowest BCUT2D eigenvalue weighted by Crippen LogP contribution is -2.28. The van der Waals surface area contributed by atoms with Gasteiger partial charge in [-0.2, -0.15) is 0 Å². The first-order valence-electron chi connectivity index (χ1n) is 9.90. The minimum absolute atomic E-state index is 0.0205. The van der Waals surface area contributed by atoms with Crippen molar-refractivity contribution >= 4 is 17.3 Å². The Balaban J connectivity index is 1.44. The number of nitrogens with one attached hydrogen (secondary N) is 1. The number of carboxylic acid groups (broad SMARTS) is 1. The Hall–Kier alpha value is -1.76. The van der Waals surface area contributed by atoms with Gasteiger partial charge in [0.1, 0.15) is 5.01 Å². The molecule has 1 aromatic heterocycles. The molecular formula is C21H27N3O2S. The number of nitrogens with two attached hydrogens (primary N) is 1. The van der Waals surface area contributed by atoms with E-state index in [1.165, 1.54) is 10.6 Å². The molecule has 1 fully saturated rings. The van der Waals surface area contributed by atoms with E-state index in [0.717, 1.165) is 67.7 Å². The summed E-state index contributed by atoms with van der Waals surface area (Å²) < 4.78 is 0. The van der Waals surface area contributed by atoms with Crippen molar-refractivity contribution < 1.29 is 9.90 Å². The third-order valence-corrected chi connectivity index (χ3v) is 7.22. The average Bonchev–Trinajstić information content (AvgIpc) is 2.98. The first kappa shape index (κ1) is 18.6. The molecule has 1 atom stereocenters. The van der Waals surface area contributed by atoms with E-state index in [-0.39, 0.29) is 12.0 Å². The predicted octanol–water partition coefficient (Wildman–Crippen LogP) is 3.39. The second-order valence-corrected chi connectivity index (χ2v) is 8.82. The quantitative estimate of drug-likeness (QED) is 0.751. The normalized spacial score (nSPS) is 24.0. The van der Waals surface area contributed by atoms with Gasteiger partial charge in [0.15, 0.2) is 0 Å². The van der Waals surface area contributed by atoms with Crippen molar-refractivity contribution in [1.82, 2.24) is 10.3 Å². The van der Waals surface area contributed by atoms with Gasteiger partial charge in [-0.05, 0) is 43.6 Å². The Labute approximate surface area is 164 Å². The van der Waals surface area contributed by atoms with E-state index < -0.39 is 5.97 Å². The highest BCUT2D eigenvalue weighted by Gasteiger charge is 2.29. The van der Waals surface area contributed by atoms with Crippen LogP contribution in [0.1, 0.15) is 47.9 Å². The second-order valence-electron chi connectivity index (χ2n) is 7.74. The number of hydrogen-bond acceptors (Lipinski definition) is 5. The molecule has 0 spiro atoms. The van der Waals surface area contributed by atoms with Gasteiger partial charge in [0.25, 0.3) is 0 Å². The molecular weight excluding hydrogens is 358 g/mol. The van der Waals surface area contributed by atoms with E-state index in [4.69, 9.17) is 15.8 Å². The number of thiazole rings is 1. The number of benzene rings is 1. The molecule has 4 rings (SSSR count). The zero-order chi connectivity index (χ0) is 18.8. The molecule has 6 heteroatoms. The van der Waals surface area contributed by atoms with Crippen molar-refractivity contribution in [3.63, 3.8) is 0 Å². The average molecular weight is 386 g/mol. The fourth-order valence-corrected chi connectivity index (χ4v) is 5.39. The summed E-state index contributed by atoms with van der Waals surface area (Å²) >= 11 is 1.81. The molecule has 5 nitrogen and oxygen atoms in total. The van der Waals surface area contributed by atoms with Gasteiger partial charge >= 0.3 is 5.97 Å². The Morgan fingerprint density at radius 3 is 2.56 bits per heavy atom. The van der Waals surface area contributed by atoms with Crippen molar-refractivity contribution in [1.29, 1.82) is 0 Å². The molecule has 2 aromatic rings. The van der Waals surface area contributed by atoms with E-state index in [1.807, 2.05) is 11.3 Å². The molecule has 0 radical (unpaired) electrons. The second kappa shape index (κ2) is 8.09. The van der Waals surface area contributed by atoms with E-state index in [2.05, 4.69) is 29.6 Å². The highest BCUT2D eigenvalue weighted by Crippen LogP contribution is 2.37. The van der Waals surface area contributed by atoms with Gasteiger partial charge in [0.05, 0.1) is 11.6 Å². The standard InChI is InChI=1S/C21H27N3O2S/c22-19(14-3-7-16(8-4-14)21(25)26)13-1-5-15(6-2-13)20-24-17-9-11-23-12-10-18(17)27-20/h1-2,5-6,14,16,19,23H,3-4,7-12,22H2,(H,25,26). The maximum atomic E-state index is 11.1. The van der Waals surface area contributed by atoms with Gasteiger partial charge < -0.3 is 16.2 Å². The maximum absolute atomic E-state index is 11.1. The van der Waals surface area contributed by atoms with Crippen LogP contribution in [0.2, 0.25) is 0 Å². The molecule has 2 heterocycles. The summed E-state index contributed by atoms with van der Waals surface area (Å²) in [6, 6.07) is 8.49. The van der Waals surface area contributed by atoms with Gasteiger partial charge in [0, 0.05) is 36.0 Å². The molecule has 1 aliphatic heterocycles. The van der Waals surface area contributed by atoms with Gasteiger partial charge in [-0.1, -0.05) is 24.3 Å². The molecule has 0 saturated heterocycles. The van der Waals surface area contributed by atoms with Crippen LogP contribution in [-0.4, -0.2) is 29.1 Å². The van der Waals surface area contributed by atoms with Crippen molar-refractivity contribution in [3.8, 4) is 10.6 Å². The third-order valence-electron chi connectivity index (χ3n) is 6.02. The van der Waals surface area contributed by atoms with E-state index in [9.17, 15) is 4.79 Å². The van der Waals surface area contributed by atoms with Crippen molar-refractivity contribution in [2.45, 2.75) is 44.6 Å². The topological polar surface area (TPSA) is 88.2 Å². The number of aromatic nitrogens is 1. The largest absolute Gasteiger partial charge is 0.481 e. The van der Waals surface area contributed by atoms with Crippen molar-refractivity contribution in [3.05, 3.63) is 40.4 Å². The van der Waals surface area contributed by atoms with E-state index >= 15 is 0 Å². The van der Waals surface area contributed by atoms with E-state index in [0.29, 0.717) is 5.92 Å². The summed E-state index contributed by atoms with van der Waals surface area (Å²) in [7, 11) is 0. The number of carboxylic acids is 1. The lowest BCUT2D eigenvalue weighted by molar-refractivity contribution is -0.143. The fraction of sp³-hybridized carbons (Fsp3) is 0.524. The first-order chi connectivity index (χ1) is 13.1. The number of carbonyl (C=O) groups is 1. The molecule has 1 unspecified atom stereocenters. The molecule has 2 aliphatic rings. The fourth-order valence-electron chi connectivity index (χ4n) is 4.28. The minimum atomic E-state index is -0.663. The van der Waals surface area contributed by atoms with Crippen molar-refractivity contribution in [2.75, 3.05) is 13.1 Å². The Morgan fingerprint density at radius 2 is 1.85 bits per heavy atom. The molecule has 1 saturated carbocycles. The number of aliphatic carboxylic acids is 1. The molecule has 0 bridgehead atoms. The number of hydrogen-bond donors (Lipinski definition) is 3. The molecule has 4 N–H and O–H groups in total. The monoisotopic (exact) mass is 385 g/mol. The lowest BCUT2D eigenvalue weighted by atomic mass is 9.77. The van der Waals surface area contributed by atoms with Crippen LogP contribution in [0, 0.1) is 11.8 Å². The first-order valence-corrected chi connectivity index (χ1v) is 10.7. The molecule has 27 heavy (non-hydrogen) atoms. The molecule has 0 amide bonds. The van der Waals surface area contributed by atoms with Gasteiger partial charge in [-0.15, -0.1) is 11.3 Å². The predicted molar refractivity (Wildman–Crippen MR) is 108 cm³/mol. The summed E-state index contributed by atoms with van der Waals surface area (Å²) in [6.45, 7) is 2.04. The summed E-state index contributed by atoms with van der Waals surface area (Å²) in [4.78, 5) is 17.4. The van der Waals surface area contributed by atoms with Crippen molar-refractivity contribution in [2.24, 2.45) is 17.6 Å². The number of fused-ring (bicyclic) bond motifs is 1.